The Kier molecular flexibility index (Phi) is 5.98. The predicted molar refractivity (Wildman–Crippen MR) is 123 cm³/mol. The van der Waals surface area contributed by atoms with Crippen LogP contribution in [0.5, 0.6) is 0 Å². The van der Waals surface area contributed by atoms with Gasteiger partial charge in [0.1, 0.15) is 17.8 Å². The van der Waals surface area contributed by atoms with Gasteiger partial charge in [0.15, 0.2) is 0 Å². The van der Waals surface area contributed by atoms with Crippen molar-refractivity contribution in [1.82, 2.24) is 14.3 Å². The summed E-state index contributed by atoms with van der Waals surface area (Å²) in [5.74, 6) is 0. The minimum Gasteiger partial charge on any atom is -0.347 e. The van der Waals surface area contributed by atoms with Crippen LogP contribution in [0.25, 0.3) is 22.0 Å². The lowest BCUT2D eigenvalue weighted by molar-refractivity contribution is -0.152. The number of nitrogens with one attached hydrogen (secondary N) is 1. The minimum absolute atomic E-state index is 0.144. The predicted octanol–water partition coefficient (Wildman–Crippen LogP) is 5.31. The van der Waals surface area contributed by atoms with E-state index in [0.29, 0.717) is 41.4 Å². The average molecular weight is 491 g/mol. The van der Waals surface area contributed by atoms with E-state index in [1.165, 1.54) is 12.4 Å². The largest absolute Gasteiger partial charge is 0.408 e. The number of alkyl halides is 3. The number of fused-ring (bicyclic) bond motifs is 1. The molecule has 0 radical (unpaired) electrons. The molecule has 1 aliphatic rings. The van der Waals surface area contributed by atoms with Gasteiger partial charge in [-0.15, -0.1) is 0 Å². The van der Waals surface area contributed by atoms with Crippen molar-refractivity contribution in [3.8, 4) is 17.2 Å². The van der Waals surface area contributed by atoms with Crippen molar-refractivity contribution in [3.63, 3.8) is 0 Å². The molecule has 10 heteroatoms. The normalized spacial score (nSPS) is 15.9. The third-order valence-electron chi connectivity index (χ3n) is 5.67. The molecule has 1 fully saturated rings. The Bertz CT molecular complexity index is 1380. The molecule has 1 aliphatic carbocycles. The van der Waals surface area contributed by atoms with Crippen molar-refractivity contribution in [1.29, 1.82) is 5.26 Å². The zero-order valence-electron chi connectivity index (χ0n) is 19.0. The topological polar surface area (TPSA) is 87.8 Å². The zero-order chi connectivity index (χ0) is 24.9. The van der Waals surface area contributed by atoms with Crippen molar-refractivity contribution >= 4 is 20.9 Å². The lowest BCUT2D eigenvalue weighted by Crippen LogP contribution is -2.39. The summed E-state index contributed by atoms with van der Waals surface area (Å²) >= 11 is 0. The fraction of sp³-hybridized carbons (Fsp3) is 0.417. The third kappa shape index (κ3) is 4.95. The Morgan fingerprint density at radius 3 is 2.53 bits per heavy atom. The molecule has 6 nitrogen and oxygen atoms in total. The monoisotopic (exact) mass is 490 g/mol. The third-order valence-corrected chi connectivity index (χ3v) is 7.58. The average Bonchev–Trinajstić information content (AvgIpc) is 3.55. The van der Waals surface area contributed by atoms with Gasteiger partial charge in [-0.25, -0.2) is 13.4 Å². The molecule has 1 N–H and O–H groups in total. The first kappa shape index (κ1) is 24.2. The SMILES string of the molecule is CC(C)(C)Cn1cc([C@H](NS(=O)(=O)C2CC2)C(F)(F)F)c2ccc(-c3cccnc3C#N)cc21. The highest BCUT2D eigenvalue weighted by atomic mass is 32.2. The number of rotatable bonds is 6. The van der Waals surface area contributed by atoms with Crippen LogP contribution in [0.15, 0.2) is 42.7 Å². The van der Waals surface area contributed by atoms with Crippen LogP contribution in [0.1, 0.15) is 50.9 Å². The molecule has 3 aromatic rings. The van der Waals surface area contributed by atoms with Gasteiger partial charge in [-0.3, -0.25) is 0 Å². The second-order valence-corrected chi connectivity index (χ2v) is 11.8. The number of pyridine rings is 1. The molecule has 0 unspecified atom stereocenters. The first-order valence-corrected chi connectivity index (χ1v) is 12.4. The first-order valence-electron chi connectivity index (χ1n) is 10.9. The maximum atomic E-state index is 14.2. The Hall–Kier alpha value is -2.90. The summed E-state index contributed by atoms with van der Waals surface area (Å²) in [6, 6.07) is 8.01. The lowest BCUT2D eigenvalue weighted by atomic mass is 9.96. The highest BCUT2D eigenvalue weighted by Gasteiger charge is 2.47. The summed E-state index contributed by atoms with van der Waals surface area (Å²) in [5.41, 5.74) is 1.54. The van der Waals surface area contributed by atoms with Gasteiger partial charge >= 0.3 is 6.18 Å². The van der Waals surface area contributed by atoms with Gasteiger partial charge in [-0.2, -0.15) is 23.2 Å². The van der Waals surface area contributed by atoms with Crippen LogP contribution < -0.4 is 4.72 Å². The number of nitrogens with zero attached hydrogens (tertiary/aromatic N) is 3. The smallest absolute Gasteiger partial charge is 0.347 e. The van der Waals surface area contributed by atoms with E-state index in [1.54, 1.807) is 34.9 Å². The van der Waals surface area contributed by atoms with E-state index in [-0.39, 0.29) is 16.7 Å². The van der Waals surface area contributed by atoms with Crippen LogP contribution in [0, 0.1) is 16.7 Å². The van der Waals surface area contributed by atoms with Crippen molar-refractivity contribution in [2.75, 3.05) is 0 Å². The van der Waals surface area contributed by atoms with Crippen molar-refractivity contribution in [3.05, 3.63) is 54.0 Å². The van der Waals surface area contributed by atoms with Gasteiger partial charge in [0.25, 0.3) is 0 Å². The Morgan fingerprint density at radius 2 is 1.94 bits per heavy atom. The van der Waals surface area contributed by atoms with Gasteiger partial charge < -0.3 is 4.57 Å². The maximum Gasteiger partial charge on any atom is 0.408 e. The van der Waals surface area contributed by atoms with Gasteiger partial charge in [0.05, 0.1) is 5.25 Å². The molecule has 34 heavy (non-hydrogen) atoms. The molecule has 0 saturated heterocycles. The van der Waals surface area contributed by atoms with Crippen molar-refractivity contribution in [2.45, 2.75) is 57.6 Å². The fourth-order valence-electron chi connectivity index (χ4n) is 4.03. The maximum absolute atomic E-state index is 14.2. The number of aromatic nitrogens is 2. The number of hydrogen-bond acceptors (Lipinski definition) is 4. The van der Waals surface area contributed by atoms with E-state index in [1.807, 2.05) is 31.6 Å². The molecule has 2 aromatic heterocycles. The van der Waals surface area contributed by atoms with E-state index in [9.17, 15) is 26.9 Å². The minimum atomic E-state index is -4.82. The summed E-state index contributed by atoms with van der Waals surface area (Å²) < 4.78 is 71.0. The van der Waals surface area contributed by atoms with Gasteiger partial charge in [0.2, 0.25) is 10.0 Å². The zero-order valence-corrected chi connectivity index (χ0v) is 19.8. The van der Waals surface area contributed by atoms with E-state index < -0.39 is 27.5 Å². The molecule has 180 valence electrons. The first-order chi connectivity index (χ1) is 15.8. The molecule has 0 aliphatic heterocycles. The van der Waals surface area contributed by atoms with Crippen molar-refractivity contribution < 1.29 is 21.6 Å². The van der Waals surface area contributed by atoms with E-state index in [4.69, 9.17) is 0 Å². The Morgan fingerprint density at radius 1 is 1.24 bits per heavy atom. The fourth-order valence-corrected chi connectivity index (χ4v) is 5.57. The second-order valence-electron chi connectivity index (χ2n) is 9.85. The molecule has 2 heterocycles. The standard InChI is InChI=1S/C24H25F3N4O2S/c1-23(2,3)14-31-13-19(22(24(25,26)27)30-34(32,33)16-7-8-16)18-9-6-15(11-21(18)31)17-5-4-10-29-20(17)12-28/h4-6,9-11,13,16,22,30H,7-8,14H2,1-3H3/t22-/m0/s1. The van der Waals surface area contributed by atoms with E-state index in [0.717, 1.165) is 0 Å². The van der Waals surface area contributed by atoms with Crippen LogP contribution in [0.2, 0.25) is 0 Å². The Labute approximate surface area is 196 Å². The quantitative estimate of drug-likeness (QED) is 0.508. The highest BCUT2D eigenvalue weighted by Crippen LogP contribution is 2.41. The molecule has 4 rings (SSSR count). The van der Waals surface area contributed by atoms with Crippen LogP contribution in [-0.2, 0) is 16.6 Å². The molecular weight excluding hydrogens is 465 g/mol. The van der Waals surface area contributed by atoms with Crippen molar-refractivity contribution in [2.24, 2.45) is 5.41 Å². The summed E-state index contributed by atoms with van der Waals surface area (Å²) in [6.07, 6.45) is -1.20. The van der Waals surface area contributed by atoms with Gasteiger partial charge in [-0.05, 0) is 42.0 Å². The molecule has 0 amide bonds. The van der Waals surface area contributed by atoms with Crippen LogP contribution in [-0.4, -0.2) is 29.4 Å². The molecule has 1 saturated carbocycles. The molecule has 1 aromatic carbocycles. The highest BCUT2D eigenvalue weighted by molar-refractivity contribution is 7.90. The number of nitriles is 1. The number of sulfonamides is 1. The second kappa shape index (κ2) is 8.40. The summed E-state index contributed by atoms with van der Waals surface area (Å²) in [5, 5.41) is 8.94. The van der Waals surface area contributed by atoms with Crippen LogP contribution >= 0.6 is 0 Å². The molecule has 0 bridgehead atoms. The summed E-state index contributed by atoms with van der Waals surface area (Å²) in [7, 11) is -4.10. The molecule has 1 atom stereocenters. The van der Waals surface area contributed by atoms with Gasteiger partial charge in [-0.1, -0.05) is 32.9 Å². The Balaban J connectivity index is 1.90. The summed E-state index contributed by atoms with van der Waals surface area (Å²) in [4.78, 5) is 4.07. The van der Waals surface area contributed by atoms with Gasteiger partial charge in [0, 0.05) is 41.0 Å². The lowest BCUT2D eigenvalue weighted by Gasteiger charge is -2.22. The van der Waals surface area contributed by atoms with Crippen LogP contribution in [0.3, 0.4) is 0 Å². The number of halogens is 3. The van der Waals surface area contributed by atoms with Crippen LogP contribution in [0.4, 0.5) is 13.2 Å². The summed E-state index contributed by atoms with van der Waals surface area (Å²) in [6.45, 7) is 6.31. The molecular formula is C24H25F3N4O2S. The number of hydrogen-bond donors (Lipinski definition) is 1. The van der Waals surface area contributed by atoms with E-state index in [2.05, 4.69) is 4.98 Å². The molecule has 0 spiro atoms. The van der Waals surface area contributed by atoms with E-state index >= 15 is 0 Å². The number of benzene rings is 1.